The predicted molar refractivity (Wildman–Crippen MR) is 76.4 cm³/mol. The number of likely N-dealkylation sites (N-methyl/N-ethyl adjacent to an activating group) is 1. The largest absolute Gasteiger partial charge is 0.388 e. The van der Waals surface area contributed by atoms with Crippen LogP contribution in [-0.4, -0.2) is 60.8 Å². The molecule has 0 radical (unpaired) electrons. The van der Waals surface area contributed by atoms with E-state index < -0.39 is 10.0 Å². The molecule has 1 aliphatic rings. The Labute approximate surface area is 118 Å². The SMILES string of the molecule is CN1CCN(S(=O)(=O)c2cccnc2C(N)=S)CC1. The van der Waals surface area contributed by atoms with Gasteiger partial charge in [-0.3, -0.25) is 4.98 Å². The molecule has 1 fully saturated rings. The molecule has 2 rings (SSSR count). The monoisotopic (exact) mass is 300 g/mol. The number of thiocarbonyl (C=S) groups is 1. The van der Waals surface area contributed by atoms with E-state index in [2.05, 4.69) is 9.88 Å². The highest BCUT2D eigenvalue weighted by molar-refractivity contribution is 7.89. The van der Waals surface area contributed by atoms with Crippen molar-refractivity contribution in [2.45, 2.75) is 4.90 Å². The Balaban J connectivity index is 2.37. The number of sulfonamides is 1. The number of nitrogens with two attached hydrogens (primary N) is 1. The van der Waals surface area contributed by atoms with E-state index in [1.165, 1.54) is 16.6 Å². The zero-order valence-electron chi connectivity index (χ0n) is 10.6. The quantitative estimate of drug-likeness (QED) is 0.769. The maximum Gasteiger partial charge on any atom is 0.245 e. The Morgan fingerprint density at radius 1 is 1.37 bits per heavy atom. The van der Waals surface area contributed by atoms with Crippen molar-refractivity contribution >= 4 is 27.2 Å². The number of hydrogen-bond acceptors (Lipinski definition) is 5. The maximum absolute atomic E-state index is 12.6. The summed E-state index contributed by atoms with van der Waals surface area (Å²) in [6.07, 6.45) is 1.48. The first-order valence-corrected chi connectivity index (χ1v) is 7.71. The lowest BCUT2D eigenvalue weighted by molar-refractivity contribution is 0.222. The minimum absolute atomic E-state index is 0.00620. The lowest BCUT2D eigenvalue weighted by Gasteiger charge is -2.31. The van der Waals surface area contributed by atoms with Crippen LogP contribution in [-0.2, 0) is 10.0 Å². The number of piperazine rings is 1. The summed E-state index contributed by atoms with van der Waals surface area (Å²) in [7, 11) is -1.62. The molecule has 8 heteroatoms. The van der Waals surface area contributed by atoms with Gasteiger partial charge in [0.05, 0.1) is 0 Å². The maximum atomic E-state index is 12.6. The molecule has 1 saturated heterocycles. The van der Waals surface area contributed by atoms with Gasteiger partial charge in [-0.2, -0.15) is 4.31 Å². The molecule has 1 aromatic heterocycles. The third-order valence-electron chi connectivity index (χ3n) is 3.08. The van der Waals surface area contributed by atoms with Gasteiger partial charge < -0.3 is 10.6 Å². The van der Waals surface area contributed by atoms with Crippen LogP contribution in [0.3, 0.4) is 0 Å². The highest BCUT2D eigenvalue weighted by Gasteiger charge is 2.30. The second kappa shape index (κ2) is 5.49. The predicted octanol–water partition coefficient (Wildman–Crippen LogP) is -0.348. The molecule has 104 valence electrons. The average Bonchev–Trinajstić information content (AvgIpc) is 2.39. The van der Waals surface area contributed by atoms with Gasteiger partial charge in [-0.05, 0) is 19.2 Å². The normalized spacial score (nSPS) is 18.4. The zero-order chi connectivity index (χ0) is 14.0. The van der Waals surface area contributed by atoms with Gasteiger partial charge in [-0.25, -0.2) is 8.42 Å². The lowest BCUT2D eigenvalue weighted by Crippen LogP contribution is -2.47. The van der Waals surface area contributed by atoms with Gasteiger partial charge in [-0.15, -0.1) is 0 Å². The summed E-state index contributed by atoms with van der Waals surface area (Å²) >= 11 is 4.86. The van der Waals surface area contributed by atoms with Crippen molar-refractivity contribution in [1.82, 2.24) is 14.2 Å². The second-order valence-electron chi connectivity index (χ2n) is 4.42. The second-order valence-corrected chi connectivity index (χ2v) is 6.77. The smallest absolute Gasteiger partial charge is 0.245 e. The van der Waals surface area contributed by atoms with Crippen molar-refractivity contribution in [2.24, 2.45) is 5.73 Å². The zero-order valence-corrected chi connectivity index (χ0v) is 12.2. The van der Waals surface area contributed by atoms with Crippen LogP contribution in [0.5, 0.6) is 0 Å². The molecule has 1 aliphatic heterocycles. The van der Waals surface area contributed by atoms with Crippen LogP contribution in [0.25, 0.3) is 0 Å². The van der Waals surface area contributed by atoms with Crippen LogP contribution in [0.2, 0.25) is 0 Å². The first-order valence-electron chi connectivity index (χ1n) is 5.86. The Bertz CT molecular complexity index is 580. The summed E-state index contributed by atoms with van der Waals surface area (Å²) in [4.78, 5) is 6.14. The lowest BCUT2D eigenvalue weighted by atomic mass is 10.3. The Hall–Kier alpha value is -1.09. The summed E-state index contributed by atoms with van der Waals surface area (Å²) in [5.41, 5.74) is 5.70. The Kier molecular flexibility index (Phi) is 4.14. The summed E-state index contributed by atoms with van der Waals surface area (Å²) in [5, 5.41) is 0. The van der Waals surface area contributed by atoms with Crippen LogP contribution < -0.4 is 5.73 Å². The van der Waals surface area contributed by atoms with E-state index in [9.17, 15) is 8.42 Å². The van der Waals surface area contributed by atoms with Crippen LogP contribution in [0, 0.1) is 0 Å². The van der Waals surface area contributed by atoms with Gasteiger partial charge in [0, 0.05) is 32.4 Å². The molecule has 19 heavy (non-hydrogen) atoms. The van der Waals surface area contributed by atoms with Gasteiger partial charge >= 0.3 is 0 Å². The van der Waals surface area contributed by atoms with E-state index in [1.807, 2.05) is 7.05 Å². The van der Waals surface area contributed by atoms with Gasteiger partial charge in [0.15, 0.2) is 0 Å². The molecule has 0 spiro atoms. The van der Waals surface area contributed by atoms with Crippen LogP contribution in [0.4, 0.5) is 0 Å². The van der Waals surface area contributed by atoms with Crippen LogP contribution in [0.15, 0.2) is 23.2 Å². The Morgan fingerprint density at radius 3 is 2.58 bits per heavy atom. The Morgan fingerprint density at radius 2 is 2.00 bits per heavy atom. The molecular weight excluding hydrogens is 284 g/mol. The minimum Gasteiger partial charge on any atom is -0.388 e. The summed E-state index contributed by atoms with van der Waals surface area (Å²) < 4.78 is 26.6. The standard InChI is InChI=1S/C11H16N4O2S2/c1-14-5-7-15(8-6-14)19(16,17)9-3-2-4-13-10(9)11(12)18/h2-4H,5-8H2,1H3,(H2,12,18). The van der Waals surface area contributed by atoms with Gasteiger partial charge in [0.1, 0.15) is 15.6 Å². The summed E-state index contributed by atoms with van der Waals surface area (Å²) in [5.74, 6) is 0. The van der Waals surface area contributed by atoms with Crippen LogP contribution in [0.1, 0.15) is 5.69 Å². The molecule has 0 aliphatic carbocycles. The summed E-state index contributed by atoms with van der Waals surface area (Å²) in [6.45, 7) is 2.35. The molecule has 2 N–H and O–H groups in total. The van der Waals surface area contributed by atoms with E-state index in [-0.39, 0.29) is 15.6 Å². The average molecular weight is 300 g/mol. The van der Waals surface area contributed by atoms with Crippen molar-refractivity contribution in [3.05, 3.63) is 24.0 Å². The third-order valence-corrected chi connectivity index (χ3v) is 5.21. The van der Waals surface area contributed by atoms with E-state index in [0.717, 1.165) is 0 Å². The number of hydrogen-bond donors (Lipinski definition) is 1. The summed E-state index contributed by atoms with van der Waals surface area (Å²) in [6, 6.07) is 3.07. The molecule has 0 atom stereocenters. The molecule has 0 amide bonds. The topological polar surface area (TPSA) is 79.5 Å². The fourth-order valence-corrected chi connectivity index (χ4v) is 3.76. The molecule has 2 heterocycles. The van der Waals surface area contributed by atoms with Crippen molar-refractivity contribution < 1.29 is 8.42 Å². The van der Waals surface area contributed by atoms with Crippen molar-refractivity contribution in [3.8, 4) is 0 Å². The first kappa shape index (κ1) is 14.3. The number of aromatic nitrogens is 1. The van der Waals surface area contributed by atoms with Crippen LogP contribution >= 0.6 is 12.2 Å². The van der Waals surface area contributed by atoms with Gasteiger partial charge in [0.2, 0.25) is 10.0 Å². The van der Waals surface area contributed by atoms with Crippen molar-refractivity contribution in [1.29, 1.82) is 0 Å². The highest BCUT2D eigenvalue weighted by atomic mass is 32.2. The fraction of sp³-hybridized carbons (Fsp3) is 0.455. The highest BCUT2D eigenvalue weighted by Crippen LogP contribution is 2.19. The third kappa shape index (κ3) is 2.92. The van der Waals surface area contributed by atoms with Gasteiger partial charge in [0.25, 0.3) is 0 Å². The molecule has 0 unspecified atom stereocenters. The first-order chi connectivity index (χ1) is 8.93. The van der Waals surface area contributed by atoms with E-state index >= 15 is 0 Å². The van der Waals surface area contributed by atoms with Crippen molar-refractivity contribution in [3.63, 3.8) is 0 Å². The fourth-order valence-electron chi connectivity index (χ4n) is 1.95. The number of nitrogens with zero attached hydrogens (tertiary/aromatic N) is 3. The molecule has 0 aromatic carbocycles. The number of pyridine rings is 1. The number of rotatable bonds is 3. The van der Waals surface area contributed by atoms with E-state index in [1.54, 1.807) is 6.07 Å². The van der Waals surface area contributed by atoms with Crippen molar-refractivity contribution in [2.75, 3.05) is 33.2 Å². The van der Waals surface area contributed by atoms with Gasteiger partial charge in [-0.1, -0.05) is 12.2 Å². The molecule has 6 nitrogen and oxygen atoms in total. The molecular formula is C11H16N4O2S2. The minimum atomic E-state index is -3.58. The molecule has 0 saturated carbocycles. The van der Waals surface area contributed by atoms with E-state index in [4.69, 9.17) is 18.0 Å². The molecule has 0 bridgehead atoms. The molecule has 1 aromatic rings. The van der Waals surface area contributed by atoms with E-state index in [0.29, 0.717) is 26.2 Å².